The van der Waals surface area contributed by atoms with Gasteiger partial charge in [0, 0.05) is 0 Å². The van der Waals surface area contributed by atoms with Crippen molar-refractivity contribution in [2.24, 2.45) is 0 Å². The molecule has 8 nitrogen and oxygen atoms in total. The van der Waals surface area contributed by atoms with E-state index < -0.39 is 12.3 Å². The number of carbonyl (C=O) groups excluding carboxylic acids is 2. The van der Waals surface area contributed by atoms with Crippen LogP contribution in [0.2, 0.25) is 0 Å². The molecule has 20 heavy (non-hydrogen) atoms. The summed E-state index contributed by atoms with van der Waals surface area (Å²) >= 11 is 0. The summed E-state index contributed by atoms with van der Waals surface area (Å²) in [7, 11) is 0. The monoisotopic (exact) mass is 292 g/mol. The molecule has 2 fully saturated rings. The molecule has 2 rings (SSSR count). The van der Waals surface area contributed by atoms with E-state index in [0.29, 0.717) is 13.2 Å². The molecule has 0 bridgehead atoms. The third kappa shape index (κ3) is 6.07. The van der Waals surface area contributed by atoms with Crippen LogP contribution in [0.3, 0.4) is 0 Å². The molecule has 0 N–H and O–H groups in total. The Bertz CT molecular complexity index is 276. The SMILES string of the molecule is CC.O=C1OCC(COCCOCC2COC(=O)O2)O1. The quantitative estimate of drug-likeness (QED) is 0.509. The van der Waals surface area contributed by atoms with Gasteiger partial charge in [0.2, 0.25) is 0 Å². The summed E-state index contributed by atoms with van der Waals surface area (Å²) in [6, 6.07) is 0. The molecule has 0 aromatic carbocycles. The van der Waals surface area contributed by atoms with Crippen molar-refractivity contribution in [2.45, 2.75) is 26.1 Å². The average molecular weight is 292 g/mol. The van der Waals surface area contributed by atoms with Crippen LogP contribution in [0.1, 0.15) is 13.8 Å². The highest BCUT2D eigenvalue weighted by Gasteiger charge is 2.25. The fourth-order valence-corrected chi connectivity index (χ4v) is 1.44. The summed E-state index contributed by atoms with van der Waals surface area (Å²) in [5, 5.41) is 0. The molecular formula is C12H20O8. The fourth-order valence-electron chi connectivity index (χ4n) is 1.44. The van der Waals surface area contributed by atoms with Crippen molar-refractivity contribution in [3.05, 3.63) is 0 Å². The number of hydrogen-bond donors (Lipinski definition) is 0. The van der Waals surface area contributed by atoms with Gasteiger partial charge in [-0.2, -0.15) is 0 Å². The molecule has 2 saturated heterocycles. The van der Waals surface area contributed by atoms with Crippen LogP contribution in [0.25, 0.3) is 0 Å². The lowest BCUT2D eigenvalue weighted by Gasteiger charge is -2.09. The summed E-state index contributed by atoms with van der Waals surface area (Å²) in [6.07, 6.45) is -2.02. The van der Waals surface area contributed by atoms with Gasteiger partial charge in [0.15, 0.2) is 12.2 Å². The molecular weight excluding hydrogens is 272 g/mol. The van der Waals surface area contributed by atoms with Gasteiger partial charge in [0.1, 0.15) is 13.2 Å². The standard InChI is InChI=1S/C10H14O8.C2H6/c11-9-15-5-7(17-9)3-13-1-2-14-4-8-6-16-10(12)18-8;1-2/h7-8H,1-6H2;1-2H3. The summed E-state index contributed by atoms with van der Waals surface area (Å²) in [5.41, 5.74) is 0. The summed E-state index contributed by atoms with van der Waals surface area (Å²) in [4.78, 5) is 21.2. The highest BCUT2D eigenvalue weighted by atomic mass is 16.8. The van der Waals surface area contributed by atoms with Crippen molar-refractivity contribution in [2.75, 3.05) is 39.6 Å². The molecule has 0 aromatic heterocycles. The molecule has 8 heteroatoms. The topological polar surface area (TPSA) is 89.5 Å². The van der Waals surface area contributed by atoms with Crippen LogP contribution < -0.4 is 0 Å². The number of rotatable bonds is 7. The minimum Gasteiger partial charge on any atom is -0.430 e. The van der Waals surface area contributed by atoms with Crippen LogP contribution in [-0.2, 0) is 28.4 Å². The van der Waals surface area contributed by atoms with Crippen molar-refractivity contribution in [1.82, 2.24) is 0 Å². The third-order valence-electron chi connectivity index (χ3n) is 2.28. The van der Waals surface area contributed by atoms with E-state index in [9.17, 15) is 9.59 Å². The predicted octanol–water partition coefficient (Wildman–Crippen LogP) is 1.12. The molecule has 0 spiro atoms. The first-order chi connectivity index (χ1) is 9.74. The fraction of sp³-hybridized carbons (Fsp3) is 0.833. The number of ether oxygens (including phenoxy) is 6. The van der Waals surface area contributed by atoms with Gasteiger partial charge in [-0.3, -0.25) is 0 Å². The Kier molecular flexibility index (Phi) is 7.74. The highest BCUT2D eigenvalue weighted by molar-refractivity contribution is 5.62. The normalized spacial score (nSPS) is 24.1. The summed E-state index contributed by atoms with van der Waals surface area (Å²) in [6.45, 7) is 5.70. The second kappa shape index (κ2) is 9.38. The Balaban J connectivity index is 0.000000956. The van der Waals surface area contributed by atoms with Crippen LogP contribution in [0, 0.1) is 0 Å². The molecule has 0 saturated carbocycles. The summed E-state index contributed by atoms with van der Waals surface area (Å²) in [5.74, 6) is 0. The first kappa shape index (κ1) is 16.5. The van der Waals surface area contributed by atoms with Crippen LogP contribution in [0.4, 0.5) is 9.59 Å². The maximum absolute atomic E-state index is 10.6. The lowest BCUT2D eigenvalue weighted by molar-refractivity contribution is -0.00764. The van der Waals surface area contributed by atoms with E-state index in [2.05, 4.69) is 9.47 Å². The van der Waals surface area contributed by atoms with Gasteiger partial charge in [0.05, 0.1) is 26.4 Å². The van der Waals surface area contributed by atoms with E-state index in [1.165, 1.54) is 0 Å². The van der Waals surface area contributed by atoms with E-state index in [1.807, 2.05) is 13.8 Å². The first-order valence-corrected chi connectivity index (χ1v) is 6.56. The molecule has 0 aromatic rings. The predicted molar refractivity (Wildman–Crippen MR) is 65.4 cm³/mol. The smallest absolute Gasteiger partial charge is 0.430 e. The number of cyclic esters (lactones) is 4. The maximum atomic E-state index is 10.6. The van der Waals surface area contributed by atoms with E-state index >= 15 is 0 Å². The van der Waals surface area contributed by atoms with Gasteiger partial charge in [-0.05, 0) is 0 Å². The molecule has 116 valence electrons. The first-order valence-electron chi connectivity index (χ1n) is 6.56. The molecule has 2 atom stereocenters. The Morgan fingerprint density at radius 2 is 1.30 bits per heavy atom. The Hall–Kier alpha value is -1.54. The molecule has 0 radical (unpaired) electrons. The molecule has 2 aliphatic rings. The van der Waals surface area contributed by atoms with Crippen molar-refractivity contribution >= 4 is 12.3 Å². The molecule has 0 aliphatic carbocycles. The van der Waals surface area contributed by atoms with Crippen molar-refractivity contribution in [3.63, 3.8) is 0 Å². The molecule has 2 aliphatic heterocycles. The van der Waals surface area contributed by atoms with Gasteiger partial charge in [-0.25, -0.2) is 9.59 Å². The minimum absolute atomic E-state index is 0.217. The van der Waals surface area contributed by atoms with Crippen LogP contribution in [0.5, 0.6) is 0 Å². The van der Waals surface area contributed by atoms with Gasteiger partial charge in [0.25, 0.3) is 0 Å². The Morgan fingerprint density at radius 3 is 1.60 bits per heavy atom. The zero-order valence-electron chi connectivity index (χ0n) is 11.7. The number of hydrogen-bond acceptors (Lipinski definition) is 8. The molecule has 2 unspecified atom stereocenters. The van der Waals surface area contributed by atoms with Gasteiger partial charge >= 0.3 is 12.3 Å². The second-order valence-corrected chi connectivity index (χ2v) is 3.75. The van der Waals surface area contributed by atoms with Gasteiger partial charge in [-0.15, -0.1) is 0 Å². The van der Waals surface area contributed by atoms with E-state index in [0.717, 1.165) is 0 Å². The molecule has 0 amide bonds. The average Bonchev–Trinajstić information content (AvgIpc) is 3.05. The van der Waals surface area contributed by atoms with Crippen molar-refractivity contribution < 1.29 is 38.0 Å². The lowest BCUT2D eigenvalue weighted by Crippen LogP contribution is -2.22. The van der Waals surface area contributed by atoms with Gasteiger partial charge < -0.3 is 28.4 Å². The third-order valence-corrected chi connectivity index (χ3v) is 2.28. The van der Waals surface area contributed by atoms with Crippen molar-refractivity contribution in [3.8, 4) is 0 Å². The van der Waals surface area contributed by atoms with E-state index in [4.69, 9.17) is 18.9 Å². The molecule has 2 heterocycles. The van der Waals surface area contributed by atoms with Crippen LogP contribution >= 0.6 is 0 Å². The minimum atomic E-state index is -0.664. The van der Waals surface area contributed by atoms with Gasteiger partial charge in [-0.1, -0.05) is 13.8 Å². The largest absolute Gasteiger partial charge is 0.508 e. The zero-order chi connectivity index (χ0) is 14.8. The van der Waals surface area contributed by atoms with E-state index in [-0.39, 0.29) is 38.6 Å². The lowest BCUT2D eigenvalue weighted by atomic mass is 10.4. The van der Waals surface area contributed by atoms with Crippen LogP contribution in [-0.4, -0.2) is 64.2 Å². The summed E-state index contributed by atoms with van der Waals surface area (Å²) < 4.78 is 29.2. The maximum Gasteiger partial charge on any atom is 0.508 e. The number of carbonyl (C=O) groups is 2. The Labute approximate surface area is 117 Å². The second-order valence-electron chi connectivity index (χ2n) is 3.75. The Morgan fingerprint density at radius 1 is 0.900 bits per heavy atom. The van der Waals surface area contributed by atoms with Crippen molar-refractivity contribution in [1.29, 1.82) is 0 Å². The van der Waals surface area contributed by atoms with Crippen LogP contribution in [0.15, 0.2) is 0 Å². The zero-order valence-corrected chi connectivity index (χ0v) is 11.7. The van der Waals surface area contributed by atoms with E-state index in [1.54, 1.807) is 0 Å². The highest BCUT2D eigenvalue weighted by Crippen LogP contribution is 2.07.